The molecule has 2 nitrogen and oxygen atoms in total. The fraction of sp³-hybridized carbons (Fsp3) is 0.385. The van der Waals surface area contributed by atoms with Gasteiger partial charge < -0.3 is 10.3 Å². The first-order valence-electron chi connectivity index (χ1n) is 5.76. The predicted molar refractivity (Wildman–Crippen MR) is 65.5 cm³/mol. The topological polar surface area (TPSA) is 27.8 Å². The van der Waals surface area contributed by atoms with Crippen molar-refractivity contribution in [1.29, 1.82) is 0 Å². The third kappa shape index (κ3) is 2.51. The molecule has 0 spiro atoms. The maximum absolute atomic E-state index is 12.6. The van der Waals surface area contributed by atoms with Crippen molar-refractivity contribution in [2.45, 2.75) is 25.6 Å². The minimum absolute atomic E-state index is 0.284. The molecule has 2 aromatic rings. The lowest BCUT2D eigenvalue weighted by atomic mass is 10.0. The number of aromatic amines is 1. The molecule has 0 saturated heterocycles. The number of aromatic nitrogens is 1. The van der Waals surface area contributed by atoms with Gasteiger partial charge in [0.05, 0.1) is 5.56 Å². The van der Waals surface area contributed by atoms with Crippen molar-refractivity contribution < 1.29 is 13.2 Å². The number of benzene rings is 1. The van der Waals surface area contributed by atoms with Gasteiger partial charge in [-0.25, -0.2) is 0 Å². The van der Waals surface area contributed by atoms with Gasteiger partial charge in [0.1, 0.15) is 0 Å². The number of nitrogens with one attached hydrogen (secondary N) is 2. The normalized spacial score (nSPS) is 14.1. The van der Waals surface area contributed by atoms with E-state index < -0.39 is 11.7 Å². The molecule has 2 N–H and O–H groups in total. The lowest BCUT2D eigenvalue weighted by Gasteiger charge is -2.09. The summed E-state index contributed by atoms with van der Waals surface area (Å²) in [6.07, 6.45) is -1.74. The zero-order valence-corrected chi connectivity index (χ0v) is 10.2. The van der Waals surface area contributed by atoms with Gasteiger partial charge in [-0.15, -0.1) is 0 Å². The van der Waals surface area contributed by atoms with E-state index in [1.807, 2.05) is 14.0 Å². The lowest BCUT2D eigenvalue weighted by Crippen LogP contribution is -2.23. The molecule has 0 radical (unpaired) electrons. The number of likely N-dealkylation sites (N-methyl/N-ethyl adjacent to an activating group) is 1. The van der Waals surface area contributed by atoms with Gasteiger partial charge in [0.25, 0.3) is 0 Å². The van der Waals surface area contributed by atoms with Gasteiger partial charge in [-0.3, -0.25) is 0 Å². The number of fused-ring (bicyclic) bond motifs is 1. The van der Waals surface area contributed by atoms with Gasteiger partial charge in [-0.1, -0.05) is 6.07 Å². The summed E-state index contributed by atoms with van der Waals surface area (Å²) in [4.78, 5) is 2.90. The molecule has 1 unspecified atom stereocenters. The molecule has 0 aliphatic heterocycles. The Kier molecular flexibility index (Phi) is 3.34. The van der Waals surface area contributed by atoms with Gasteiger partial charge in [0.15, 0.2) is 0 Å². The molecule has 2 rings (SSSR count). The van der Waals surface area contributed by atoms with Gasteiger partial charge in [0.2, 0.25) is 0 Å². The molecule has 18 heavy (non-hydrogen) atoms. The van der Waals surface area contributed by atoms with Crippen molar-refractivity contribution in [1.82, 2.24) is 10.3 Å². The van der Waals surface area contributed by atoms with Gasteiger partial charge in [-0.2, -0.15) is 13.2 Å². The number of hydrogen-bond acceptors (Lipinski definition) is 1. The van der Waals surface area contributed by atoms with Crippen LogP contribution in [0, 0.1) is 0 Å². The molecule has 1 aromatic carbocycles. The van der Waals surface area contributed by atoms with Gasteiger partial charge in [-0.05, 0) is 38.1 Å². The van der Waals surface area contributed by atoms with Crippen LogP contribution < -0.4 is 5.32 Å². The average molecular weight is 256 g/mol. The number of alkyl halides is 3. The highest BCUT2D eigenvalue weighted by molar-refractivity contribution is 5.84. The van der Waals surface area contributed by atoms with Crippen LogP contribution in [0.3, 0.4) is 0 Å². The molecular formula is C13H15F3N2. The Morgan fingerprint density at radius 1 is 1.33 bits per heavy atom. The van der Waals surface area contributed by atoms with Gasteiger partial charge in [0, 0.05) is 23.1 Å². The maximum Gasteiger partial charge on any atom is 0.416 e. The summed E-state index contributed by atoms with van der Waals surface area (Å²) in [5.41, 5.74) is 0.939. The van der Waals surface area contributed by atoms with Crippen molar-refractivity contribution in [3.05, 3.63) is 35.5 Å². The van der Waals surface area contributed by atoms with E-state index in [0.29, 0.717) is 5.52 Å². The Morgan fingerprint density at radius 2 is 2.06 bits per heavy atom. The molecule has 1 atom stereocenters. The molecule has 0 fully saturated rings. The molecule has 98 valence electrons. The van der Waals surface area contributed by atoms with Crippen LogP contribution in [-0.4, -0.2) is 18.1 Å². The molecule has 0 aliphatic rings. The second-order valence-corrected chi connectivity index (χ2v) is 4.47. The fourth-order valence-corrected chi connectivity index (χ4v) is 1.96. The maximum atomic E-state index is 12.6. The number of halogens is 3. The third-order valence-corrected chi connectivity index (χ3v) is 3.11. The van der Waals surface area contributed by atoms with E-state index in [9.17, 15) is 13.2 Å². The van der Waals surface area contributed by atoms with E-state index in [1.54, 1.807) is 6.20 Å². The number of rotatable bonds is 3. The first-order valence-corrected chi connectivity index (χ1v) is 5.76. The average Bonchev–Trinajstić information content (AvgIpc) is 2.70. The van der Waals surface area contributed by atoms with Crippen LogP contribution in [0.5, 0.6) is 0 Å². The second kappa shape index (κ2) is 4.65. The largest absolute Gasteiger partial charge is 0.416 e. The van der Waals surface area contributed by atoms with Crippen LogP contribution in [-0.2, 0) is 12.6 Å². The summed E-state index contributed by atoms with van der Waals surface area (Å²) in [5.74, 6) is 0. The van der Waals surface area contributed by atoms with E-state index in [4.69, 9.17) is 0 Å². The van der Waals surface area contributed by atoms with Crippen LogP contribution in [0.4, 0.5) is 13.2 Å². The van der Waals surface area contributed by atoms with Crippen molar-refractivity contribution >= 4 is 10.9 Å². The van der Waals surface area contributed by atoms with Crippen molar-refractivity contribution in [3.63, 3.8) is 0 Å². The zero-order valence-electron chi connectivity index (χ0n) is 10.2. The molecule has 0 bridgehead atoms. The number of H-pyrrole nitrogens is 1. The SMILES string of the molecule is CNC(C)Cc1c[nH]c2cc(C(F)(F)F)ccc12. The van der Waals surface area contributed by atoms with Crippen LogP contribution in [0.2, 0.25) is 0 Å². The second-order valence-electron chi connectivity index (χ2n) is 4.47. The molecular weight excluding hydrogens is 241 g/mol. The van der Waals surface area contributed by atoms with E-state index in [1.165, 1.54) is 6.07 Å². The summed E-state index contributed by atoms with van der Waals surface area (Å²) in [6.45, 7) is 2.03. The summed E-state index contributed by atoms with van der Waals surface area (Å²) in [5, 5.41) is 3.96. The van der Waals surface area contributed by atoms with Crippen molar-refractivity contribution in [3.8, 4) is 0 Å². The van der Waals surface area contributed by atoms with E-state index in [-0.39, 0.29) is 6.04 Å². The Labute approximate surface area is 103 Å². The molecule has 1 heterocycles. The van der Waals surface area contributed by atoms with Crippen molar-refractivity contribution in [2.75, 3.05) is 7.05 Å². The van der Waals surface area contributed by atoms with Crippen LogP contribution in [0.1, 0.15) is 18.1 Å². The minimum Gasteiger partial charge on any atom is -0.361 e. The highest BCUT2D eigenvalue weighted by Crippen LogP contribution is 2.32. The molecule has 5 heteroatoms. The predicted octanol–water partition coefficient (Wildman–Crippen LogP) is 3.34. The van der Waals surface area contributed by atoms with E-state index in [2.05, 4.69) is 10.3 Å². The van der Waals surface area contributed by atoms with Gasteiger partial charge >= 0.3 is 6.18 Å². The standard InChI is InChI=1S/C13H15F3N2/c1-8(17-2)5-9-7-18-12-6-10(13(14,15)16)3-4-11(9)12/h3-4,6-8,17-18H,5H2,1-2H3. The third-order valence-electron chi connectivity index (χ3n) is 3.11. The Morgan fingerprint density at radius 3 is 2.67 bits per heavy atom. The van der Waals surface area contributed by atoms with E-state index in [0.717, 1.165) is 29.5 Å². The summed E-state index contributed by atoms with van der Waals surface area (Å²) < 4.78 is 37.7. The highest BCUT2D eigenvalue weighted by Gasteiger charge is 2.30. The zero-order chi connectivity index (χ0) is 13.3. The molecule has 0 saturated carbocycles. The molecule has 1 aromatic heterocycles. The molecule has 0 amide bonds. The monoisotopic (exact) mass is 256 g/mol. The fourth-order valence-electron chi connectivity index (χ4n) is 1.96. The summed E-state index contributed by atoms with van der Waals surface area (Å²) >= 11 is 0. The lowest BCUT2D eigenvalue weighted by molar-refractivity contribution is -0.137. The van der Waals surface area contributed by atoms with E-state index >= 15 is 0 Å². The minimum atomic E-state index is -4.29. The van der Waals surface area contributed by atoms with Crippen LogP contribution in [0.25, 0.3) is 10.9 Å². The quantitative estimate of drug-likeness (QED) is 0.866. The van der Waals surface area contributed by atoms with Crippen LogP contribution in [0.15, 0.2) is 24.4 Å². The highest BCUT2D eigenvalue weighted by atomic mass is 19.4. The van der Waals surface area contributed by atoms with Crippen molar-refractivity contribution in [2.24, 2.45) is 0 Å². The number of hydrogen-bond donors (Lipinski definition) is 2. The first-order chi connectivity index (χ1) is 8.41. The molecule has 0 aliphatic carbocycles. The summed E-state index contributed by atoms with van der Waals surface area (Å²) in [6, 6.07) is 4.10. The van der Waals surface area contributed by atoms with Crippen LogP contribution >= 0.6 is 0 Å². The Balaban J connectivity index is 2.38. The Hall–Kier alpha value is -1.49. The Bertz CT molecular complexity index is 543. The smallest absolute Gasteiger partial charge is 0.361 e. The summed E-state index contributed by atoms with van der Waals surface area (Å²) in [7, 11) is 1.86. The first kappa shape index (κ1) is 13.0.